The molecule has 7 nitrogen and oxygen atoms in total. The van der Waals surface area contributed by atoms with E-state index in [1.165, 1.54) is 31.2 Å². The van der Waals surface area contributed by atoms with Gasteiger partial charge in [0, 0.05) is 25.1 Å². The number of methoxy groups -OCH3 is 1. The summed E-state index contributed by atoms with van der Waals surface area (Å²) in [4.78, 5) is 25.9. The van der Waals surface area contributed by atoms with Gasteiger partial charge in [0.05, 0.1) is 18.0 Å². The Bertz CT molecular complexity index is 1000. The maximum Gasteiger partial charge on any atom is 0.240 e. The molecule has 1 aliphatic heterocycles. The third kappa shape index (κ3) is 5.06. The van der Waals surface area contributed by atoms with Crippen LogP contribution < -0.4 is 9.46 Å². The number of carbonyl (C=O) groups excluding carboxylic acids is 2. The van der Waals surface area contributed by atoms with Crippen molar-refractivity contribution in [1.82, 2.24) is 9.62 Å². The van der Waals surface area contributed by atoms with Crippen LogP contribution in [-0.2, 0) is 14.8 Å². The fraction of sp³-hybridized carbons (Fsp3) is 0.364. The fourth-order valence-corrected chi connectivity index (χ4v) is 4.66. The van der Waals surface area contributed by atoms with Gasteiger partial charge in [-0.1, -0.05) is 24.3 Å². The number of hydrogen-bond acceptors (Lipinski definition) is 5. The SMILES string of the molecule is COc1ccc([C@@H]2CCCN2C(=O)CCNS(=O)(=O)c2ccc(C(C)=O)cc2)cc1. The zero-order chi connectivity index (χ0) is 21.7. The molecule has 30 heavy (non-hydrogen) atoms. The Kier molecular flexibility index (Phi) is 6.89. The van der Waals surface area contributed by atoms with Gasteiger partial charge in [0.15, 0.2) is 5.78 Å². The minimum absolute atomic E-state index is 0.000798. The van der Waals surface area contributed by atoms with Gasteiger partial charge in [-0.2, -0.15) is 0 Å². The van der Waals surface area contributed by atoms with Gasteiger partial charge in [-0.25, -0.2) is 13.1 Å². The molecule has 8 heteroatoms. The van der Waals surface area contributed by atoms with Gasteiger partial charge >= 0.3 is 0 Å². The van der Waals surface area contributed by atoms with E-state index in [0.29, 0.717) is 12.1 Å². The molecule has 1 saturated heterocycles. The van der Waals surface area contributed by atoms with Crippen LogP contribution in [0.15, 0.2) is 53.4 Å². The van der Waals surface area contributed by atoms with Gasteiger partial charge in [-0.05, 0) is 49.6 Å². The summed E-state index contributed by atoms with van der Waals surface area (Å²) in [5.41, 5.74) is 1.50. The lowest BCUT2D eigenvalue weighted by atomic mass is 10.0. The van der Waals surface area contributed by atoms with E-state index in [2.05, 4.69) is 4.72 Å². The highest BCUT2D eigenvalue weighted by atomic mass is 32.2. The number of Topliss-reactive ketones (excluding diaryl/α,β-unsaturated/α-hetero) is 1. The highest BCUT2D eigenvalue weighted by molar-refractivity contribution is 7.89. The average molecular weight is 431 g/mol. The third-order valence-electron chi connectivity index (χ3n) is 5.28. The molecule has 0 bridgehead atoms. The Morgan fingerprint density at radius 1 is 1.10 bits per heavy atom. The molecule has 2 aromatic carbocycles. The van der Waals surface area contributed by atoms with Crippen molar-refractivity contribution < 1.29 is 22.7 Å². The van der Waals surface area contributed by atoms with Crippen molar-refractivity contribution in [2.45, 2.75) is 37.1 Å². The maximum absolute atomic E-state index is 12.7. The van der Waals surface area contributed by atoms with Gasteiger partial charge in [0.2, 0.25) is 15.9 Å². The smallest absolute Gasteiger partial charge is 0.240 e. The third-order valence-corrected chi connectivity index (χ3v) is 6.75. The largest absolute Gasteiger partial charge is 0.497 e. The Morgan fingerprint density at radius 3 is 2.37 bits per heavy atom. The number of nitrogens with zero attached hydrogens (tertiary/aromatic N) is 1. The van der Waals surface area contributed by atoms with Crippen LogP contribution in [0.2, 0.25) is 0 Å². The molecule has 0 radical (unpaired) electrons. The molecule has 1 heterocycles. The van der Waals surface area contributed by atoms with Crippen LogP contribution in [0.4, 0.5) is 0 Å². The van der Waals surface area contributed by atoms with E-state index in [1.807, 2.05) is 29.2 Å². The minimum Gasteiger partial charge on any atom is -0.497 e. The summed E-state index contributed by atoms with van der Waals surface area (Å²) in [6, 6.07) is 13.4. The summed E-state index contributed by atoms with van der Waals surface area (Å²) < 4.78 is 32.5. The molecule has 1 amide bonds. The summed E-state index contributed by atoms with van der Waals surface area (Å²) in [5, 5.41) is 0. The first-order chi connectivity index (χ1) is 14.3. The quantitative estimate of drug-likeness (QED) is 0.650. The zero-order valence-corrected chi connectivity index (χ0v) is 17.9. The number of sulfonamides is 1. The van der Waals surface area contributed by atoms with Crippen molar-refractivity contribution in [2.75, 3.05) is 20.2 Å². The highest BCUT2D eigenvalue weighted by Gasteiger charge is 2.29. The van der Waals surface area contributed by atoms with Crippen molar-refractivity contribution in [3.05, 3.63) is 59.7 Å². The molecular weight excluding hydrogens is 404 g/mol. The first-order valence-electron chi connectivity index (χ1n) is 9.86. The fourth-order valence-electron chi connectivity index (χ4n) is 3.63. The van der Waals surface area contributed by atoms with Crippen molar-refractivity contribution >= 4 is 21.7 Å². The number of carbonyl (C=O) groups is 2. The standard InChI is InChI=1S/C22H26N2O5S/c1-16(25)17-7-11-20(12-8-17)30(27,28)23-14-13-22(26)24-15-3-4-21(24)18-5-9-19(29-2)10-6-18/h5-12,21,23H,3-4,13-15H2,1-2H3/t21-/m0/s1. The molecule has 0 unspecified atom stereocenters. The number of benzene rings is 2. The number of amides is 1. The Balaban J connectivity index is 1.58. The molecule has 1 aliphatic rings. The van der Waals surface area contributed by atoms with Crippen LogP contribution in [0, 0.1) is 0 Å². The molecule has 0 spiro atoms. The molecule has 0 aromatic heterocycles. The zero-order valence-electron chi connectivity index (χ0n) is 17.1. The van der Waals surface area contributed by atoms with Crippen molar-refractivity contribution in [1.29, 1.82) is 0 Å². The first kappa shape index (κ1) is 22.0. The molecule has 3 rings (SSSR count). The predicted octanol–water partition coefficient (Wildman–Crippen LogP) is 2.93. The lowest BCUT2D eigenvalue weighted by Gasteiger charge is -2.25. The second-order valence-electron chi connectivity index (χ2n) is 7.25. The van der Waals surface area contributed by atoms with E-state index in [4.69, 9.17) is 4.74 Å². The first-order valence-corrected chi connectivity index (χ1v) is 11.3. The van der Waals surface area contributed by atoms with Crippen molar-refractivity contribution in [3.63, 3.8) is 0 Å². The number of ether oxygens (including phenoxy) is 1. The summed E-state index contributed by atoms with van der Waals surface area (Å²) in [7, 11) is -2.13. The molecular formula is C22H26N2O5S. The van der Waals surface area contributed by atoms with E-state index in [1.54, 1.807) is 7.11 Å². The monoisotopic (exact) mass is 430 g/mol. The van der Waals surface area contributed by atoms with Gasteiger partial charge < -0.3 is 9.64 Å². The topological polar surface area (TPSA) is 92.8 Å². The molecule has 1 N–H and O–H groups in total. The lowest BCUT2D eigenvalue weighted by Crippen LogP contribution is -2.34. The number of ketones is 1. The number of rotatable bonds is 8. The Hall–Kier alpha value is -2.71. The van der Waals surface area contributed by atoms with Gasteiger partial charge in [0.25, 0.3) is 0 Å². The average Bonchev–Trinajstić information content (AvgIpc) is 3.23. The lowest BCUT2D eigenvalue weighted by molar-refractivity contribution is -0.131. The van der Waals surface area contributed by atoms with E-state index >= 15 is 0 Å². The Labute approximate surface area is 177 Å². The van der Waals surface area contributed by atoms with Crippen LogP contribution in [-0.4, -0.2) is 45.2 Å². The summed E-state index contributed by atoms with van der Waals surface area (Å²) in [5.74, 6) is 0.554. The van der Waals surface area contributed by atoms with Crippen LogP contribution in [0.1, 0.15) is 48.1 Å². The van der Waals surface area contributed by atoms with Crippen LogP contribution in [0.3, 0.4) is 0 Å². The van der Waals surface area contributed by atoms with Crippen molar-refractivity contribution in [2.24, 2.45) is 0 Å². The molecule has 0 saturated carbocycles. The van der Waals surface area contributed by atoms with Gasteiger partial charge in [-0.15, -0.1) is 0 Å². The van der Waals surface area contributed by atoms with E-state index in [9.17, 15) is 18.0 Å². The summed E-state index contributed by atoms with van der Waals surface area (Å²) in [6.45, 7) is 2.10. The predicted molar refractivity (Wildman–Crippen MR) is 113 cm³/mol. The summed E-state index contributed by atoms with van der Waals surface area (Å²) in [6.07, 6.45) is 1.88. The number of likely N-dealkylation sites (tertiary alicyclic amines) is 1. The second kappa shape index (κ2) is 9.40. The second-order valence-corrected chi connectivity index (χ2v) is 9.01. The molecule has 2 aromatic rings. The Morgan fingerprint density at radius 2 is 1.77 bits per heavy atom. The maximum atomic E-state index is 12.7. The van der Waals surface area contributed by atoms with E-state index in [0.717, 1.165) is 24.2 Å². The van der Waals surface area contributed by atoms with Crippen LogP contribution >= 0.6 is 0 Å². The number of nitrogens with one attached hydrogen (secondary N) is 1. The minimum atomic E-state index is -3.74. The van der Waals surface area contributed by atoms with Crippen LogP contribution in [0.25, 0.3) is 0 Å². The molecule has 160 valence electrons. The highest BCUT2D eigenvalue weighted by Crippen LogP contribution is 2.33. The van der Waals surface area contributed by atoms with Crippen molar-refractivity contribution in [3.8, 4) is 5.75 Å². The van der Waals surface area contributed by atoms with Crippen LogP contribution in [0.5, 0.6) is 5.75 Å². The number of hydrogen-bond donors (Lipinski definition) is 1. The normalized spacial score (nSPS) is 16.5. The summed E-state index contributed by atoms with van der Waals surface area (Å²) >= 11 is 0. The van der Waals surface area contributed by atoms with Gasteiger partial charge in [-0.3, -0.25) is 9.59 Å². The molecule has 1 fully saturated rings. The molecule has 0 aliphatic carbocycles. The molecule has 1 atom stereocenters. The van der Waals surface area contributed by atoms with E-state index < -0.39 is 10.0 Å². The van der Waals surface area contributed by atoms with Gasteiger partial charge in [0.1, 0.15) is 5.75 Å². The van der Waals surface area contributed by atoms with E-state index in [-0.39, 0.29) is 35.6 Å².